The molecule has 17 heavy (non-hydrogen) atoms. The summed E-state index contributed by atoms with van der Waals surface area (Å²) in [4.78, 5) is 0. The van der Waals surface area contributed by atoms with Crippen LogP contribution in [0.25, 0.3) is 0 Å². The van der Waals surface area contributed by atoms with Crippen LogP contribution in [0.3, 0.4) is 0 Å². The Bertz CT molecular complexity index is 419. The SMILES string of the molecule is Fc1ccc(CCl)c(C(F)(F)F)c1C(F)(F)F. The van der Waals surface area contributed by atoms with Gasteiger partial charge in [-0.1, -0.05) is 6.07 Å². The zero-order valence-corrected chi connectivity index (χ0v) is 8.64. The quantitative estimate of drug-likeness (QED) is 0.521. The molecule has 0 spiro atoms. The summed E-state index contributed by atoms with van der Waals surface area (Å²) in [5, 5.41) is 0. The molecule has 0 saturated carbocycles. The Morgan fingerprint density at radius 2 is 1.35 bits per heavy atom. The average Bonchev–Trinajstić information content (AvgIpc) is 2.13. The molecular weight excluding hydrogens is 277 g/mol. The lowest BCUT2D eigenvalue weighted by Gasteiger charge is -2.18. The van der Waals surface area contributed by atoms with E-state index in [4.69, 9.17) is 11.6 Å². The predicted octanol–water partition coefficient (Wildman–Crippen LogP) is 4.60. The van der Waals surface area contributed by atoms with Gasteiger partial charge in [0.25, 0.3) is 0 Å². The van der Waals surface area contributed by atoms with Crippen LogP contribution in [-0.2, 0) is 18.2 Å². The van der Waals surface area contributed by atoms with E-state index in [2.05, 4.69) is 0 Å². The maximum absolute atomic E-state index is 12.9. The molecule has 1 rings (SSSR count). The third-order valence-electron chi connectivity index (χ3n) is 1.95. The number of alkyl halides is 7. The average molecular weight is 281 g/mol. The van der Waals surface area contributed by atoms with E-state index in [1.807, 2.05) is 0 Å². The summed E-state index contributed by atoms with van der Waals surface area (Å²) >= 11 is 5.12. The molecule has 0 bridgehead atoms. The van der Waals surface area contributed by atoms with E-state index in [1.54, 1.807) is 0 Å². The molecule has 96 valence electrons. The van der Waals surface area contributed by atoms with Crippen LogP contribution in [0.1, 0.15) is 16.7 Å². The maximum Gasteiger partial charge on any atom is 0.419 e. The van der Waals surface area contributed by atoms with Crippen LogP contribution in [0, 0.1) is 5.82 Å². The first-order chi connectivity index (χ1) is 7.59. The van der Waals surface area contributed by atoms with E-state index in [1.165, 1.54) is 0 Å². The highest BCUT2D eigenvalue weighted by atomic mass is 35.5. The van der Waals surface area contributed by atoms with Crippen molar-refractivity contribution in [2.75, 3.05) is 0 Å². The molecule has 0 unspecified atom stereocenters. The van der Waals surface area contributed by atoms with Crippen LogP contribution < -0.4 is 0 Å². The molecule has 0 N–H and O–H groups in total. The molecule has 0 amide bonds. The minimum Gasteiger partial charge on any atom is -0.206 e. The van der Waals surface area contributed by atoms with Crippen molar-refractivity contribution >= 4 is 11.6 Å². The normalized spacial score (nSPS) is 12.9. The van der Waals surface area contributed by atoms with E-state index in [0.717, 1.165) is 0 Å². The zero-order chi connectivity index (χ0) is 13.4. The van der Waals surface area contributed by atoms with Crippen LogP contribution in [0.2, 0.25) is 0 Å². The lowest BCUT2D eigenvalue weighted by Crippen LogP contribution is -2.20. The van der Waals surface area contributed by atoms with Crippen molar-refractivity contribution in [3.05, 3.63) is 34.6 Å². The Balaban J connectivity index is 3.67. The zero-order valence-electron chi connectivity index (χ0n) is 7.89. The molecular formula is C9H4ClF7. The van der Waals surface area contributed by atoms with Gasteiger partial charge in [0.2, 0.25) is 0 Å². The van der Waals surface area contributed by atoms with Crippen LogP contribution in [0.15, 0.2) is 12.1 Å². The molecule has 0 aliphatic heterocycles. The fourth-order valence-electron chi connectivity index (χ4n) is 1.33. The lowest BCUT2D eigenvalue weighted by atomic mass is 10.0. The van der Waals surface area contributed by atoms with Gasteiger partial charge in [0, 0.05) is 5.88 Å². The maximum atomic E-state index is 12.9. The van der Waals surface area contributed by atoms with Crippen molar-refractivity contribution in [1.29, 1.82) is 0 Å². The molecule has 1 aromatic rings. The molecule has 0 fully saturated rings. The Morgan fingerprint density at radius 1 is 0.882 bits per heavy atom. The van der Waals surface area contributed by atoms with Gasteiger partial charge in [-0.15, -0.1) is 11.6 Å². The van der Waals surface area contributed by atoms with Crippen LogP contribution in [0.4, 0.5) is 30.7 Å². The van der Waals surface area contributed by atoms with Gasteiger partial charge in [0.05, 0.1) is 5.56 Å². The van der Waals surface area contributed by atoms with Gasteiger partial charge < -0.3 is 0 Å². The summed E-state index contributed by atoms with van der Waals surface area (Å²) in [5.74, 6) is -2.77. The smallest absolute Gasteiger partial charge is 0.206 e. The van der Waals surface area contributed by atoms with E-state index < -0.39 is 40.7 Å². The van der Waals surface area contributed by atoms with Crippen molar-refractivity contribution in [1.82, 2.24) is 0 Å². The van der Waals surface area contributed by atoms with E-state index in [9.17, 15) is 30.7 Å². The molecule has 0 heterocycles. The van der Waals surface area contributed by atoms with Gasteiger partial charge >= 0.3 is 12.4 Å². The van der Waals surface area contributed by atoms with Gasteiger partial charge in [-0.3, -0.25) is 0 Å². The number of hydrogen-bond donors (Lipinski definition) is 0. The van der Waals surface area contributed by atoms with Crippen molar-refractivity contribution in [3.63, 3.8) is 0 Å². The van der Waals surface area contributed by atoms with Crippen molar-refractivity contribution in [2.45, 2.75) is 18.2 Å². The van der Waals surface area contributed by atoms with Crippen LogP contribution in [0.5, 0.6) is 0 Å². The predicted molar refractivity (Wildman–Crippen MR) is 46.0 cm³/mol. The Kier molecular flexibility index (Phi) is 3.61. The molecule has 0 aromatic heterocycles. The highest BCUT2D eigenvalue weighted by Gasteiger charge is 2.46. The van der Waals surface area contributed by atoms with Crippen molar-refractivity contribution < 1.29 is 30.7 Å². The molecule has 0 saturated heterocycles. The second kappa shape index (κ2) is 4.36. The minimum atomic E-state index is -5.43. The topological polar surface area (TPSA) is 0 Å². The summed E-state index contributed by atoms with van der Waals surface area (Å²) < 4.78 is 87.5. The van der Waals surface area contributed by atoms with Gasteiger partial charge in [-0.05, 0) is 11.6 Å². The van der Waals surface area contributed by atoms with Crippen molar-refractivity contribution in [3.8, 4) is 0 Å². The summed E-state index contributed by atoms with van der Waals surface area (Å²) in [6.45, 7) is 0. The third-order valence-corrected chi connectivity index (χ3v) is 2.24. The Labute approximate surface area is 96.0 Å². The summed E-state index contributed by atoms with van der Waals surface area (Å²) in [5.41, 5.74) is -5.21. The van der Waals surface area contributed by atoms with Gasteiger partial charge in [0.1, 0.15) is 11.4 Å². The first-order valence-electron chi connectivity index (χ1n) is 4.10. The summed E-state index contributed by atoms with van der Waals surface area (Å²) in [6, 6.07) is 0.899. The minimum absolute atomic E-state index is 0.315. The largest absolute Gasteiger partial charge is 0.419 e. The van der Waals surface area contributed by atoms with Gasteiger partial charge in [-0.25, -0.2) is 4.39 Å². The lowest BCUT2D eigenvalue weighted by molar-refractivity contribution is -0.164. The molecule has 0 atom stereocenters. The Hall–Kier alpha value is -0.980. The van der Waals surface area contributed by atoms with Gasteiger partial charge in [0.15, 0.2) is 0 Å². The molecule has 0 aliphatic rings. The number of benzene rings is 1. The first kappa shape index (κ1) is 14.1. The standard InChI is InChI=1S/C9H4ClF7/c10-3-4-1-2-5(11)7(9(15,16)17)6(4)8(12,13)14/h1-2H,3H2. The summed E-state index contributed by atoms with van der Waals surface area (Å²) in [7, 11) is 0. The molecule has 0 aliphatic carbocycles. The molecule has 0 radical (unpaired) electrons. The summed E-state index contributed by atoms with van der Waals surface area (Å²) in [6.07, 6.45) is -10.8. The fourth-order valence-corrected chi connectivity index (χ4v) is 1.56. The second-order valence-electron chi connectivity index (χ2n) is 3.09. The van der Waals surface area contributed by atoms with Gasteiger partial charge in [-0.2, -0.15) is 26.3 Å². The van der Waals surface area contributed by atoms with E-state index in [-0.39, 0.29) is 0 Å². The Morgan fingerprint density at radius 3 is 1.71 bits per heavy atom. The first-order valence-corrected chi connectivity index (χ1v) is 4.64. The highest BCUT2D eigenvalue weighted by Crippen LogP contribution is 2.43. The second-order valence-corrected chi connectivity index (χ2v) is 3.35. The fraction of sp³-hybridized carbons (Fsp3) is 0.333. The van der Waals surface area contributed by atoms with Crippen molar-refractivity contribution in [2.24, 2.45) is 0 Å². The molecule has 8 heteroatoms. The molecule has 1 aromatic carbocycles. The number of rotatable bonds is 1. The van der Waals surface area contributed by atoms with E-state index >= 15 is 0 Å². The third kappa shape index (κ3) is 2.83. The number of hydrogen-bond acceptors (Lipinski definition) is 0. The van der Waals surface area contributed by atoms with Crippen LogP contribution >= 0.6 is 11.6 Å². The van der Waals surface area contributed by atoms with E-state index in [0.29, 0.717) is 12.1 Å². The monoisotopic (exact) mass is 280 g/mol. The number of halogens is 8. The highest BCUT2D eigenvalue weighted by molar-refractivity contribution is 6.17. The molecule has 0 nitrogen and oxygen atoms in total. The van der Waals surface area contributed by atoms with Crippen LogP contribution in [-0.4, -0.2) is 0 Å².